The van der Waals surface area contributed by atoms with Crippen molar-refractivity contribution >= 4 is 23.4 Å². The van der Waals surface area contributed by atoms with Gasteiger partial charge in [0.25, 0.3) is 0 Å². The number of hydrogen-bond donors (Lipinski definition) is 1. The molecule has 5 nitrogen and oxygen atoms in total. The molecule has 1 fully saturated rings. The largest absolute Gasteiger partial charge is 0.497 e. The second-order valence-corrected chi connectivity index (χ2v) is 8.07. The van der Waals surface area contributed by atoms with E-state index in [9.17, 15) is 14.0 Å². The monoisotopic (exact) mass is 446 g/mol. The van der Waals surface area contributed by atoms with Crippen molar-refractivity contribution in [1.82, 2.24) is 10.2 Å². The number of benzene rings is 2. The number of alkyl halides is 1. The summed E-state index contributed by atoms with van der Waals surface area (Å²) in [7, 11) is 1.55. The van der Waals surface area contributed by atoms with E-state index >= 15 is 0 Å². The van der Waals surface area contributed by atoms with Crippen LogP contribution in [0.15, 0.2) is 48.5 Å². The zero-order valence-electron chi connectivity index (χ0n) is 17.7. The lowest BCUT2D eigenvalue weighted by Gasteiger charge is -2.33. The zero-order chi connectivity index (χ0) is 22.2. The van der Waals surface area contributed by atoms with E-state index in [0.717, 1.165) is 25.7 Å². The van der Waals surface area contributed by atoms with Crippen LogP contribution in [0, 0.1) is 5.82 Å². The maximum absolute atomic E-state index is 13.5. The lowest BCUT2D eigenvalue weighted by atomic mass is 9.94. The summed E-state index contributed by atoms with van der Waals surface area (Å²) in [5.74, 6) is -0.664. The van der Waals surface area contributed by atoms with Gasteiger partial charge in [0.05, 0.1) is 7.11 Å². The molecule has 1 unspecified atom stereocenters. The quantitative estimate of drug-likeness (QED) is 0.603. The van der Waals surface area contributed by atoms with Gasteiger partial charge in [-0.1, -0.05) is 43.5 Å². The first-order chi connectivity index (χ1) is 15.0. The summed E-state index contributed by atoms with van der Waals surface area (Å²) >= 11 is 5.92. The van der Waals surface area contributed by atoms with Crippen LogP contribution in [-0.4, -0.2) is 35.7 Å². The number of ether oxygens (including phenoxy) is 1. The number of hydrogen-bond acceptors (Lipinski definition) is 3. The maximum atomic E-state index is 13.5. The van der Waals surface area contributed by atoms with Crippen LogP contribution in [-0.2, 0) is 16.1 Å². The molecule has 1 atom stereocenters. The molecule has 2 aromatic rings. The summed E-state index contributed by atoms with van der Waals surface area (Å²) in [6, 6.07) is 12.2. The van der Waals surface area contributed by atoms with Crippen molar-refractivity contribution in [2.45, 2.75) is 50.7 Å². The van der Waals surface area contributed by atoms with E-state index in [1.165, 1.54) is 23.5 Å². The number of carbonyl (C=O) groups is 2. The second-order valence-electron chi connectivity index (χ2n) is 7.80. The third kappa shape index (κ3) is 6.20. The van der Waals surface area contributed by atoms with Gasteiger partial charge in [-0.05, 0) is 48.2 Å². The molecule has 1 aliphatic carbocycles. The van der Waals surface area contributed by atoms with Crippen LogP contribution >= 0.6 is 11.6 Å². The van der Waals surface area contributed by atoms with E-state index in [-0.39, 0.29) is 36.1 Å². The van der Waals surface area contributed by atoms with E-state index in [4.69, 9.17) is 16.3 Å². The normalized spacial score (nSPS) is 15.2. The molecule has 1 N–H and O–H groups in total. The fourth-order valence-electron chi connectivity index (χ4n) is 4.00. The highest BCUT2D eigenvalue weighted by Crippen LogP contribution is 2.28. The van der Waals surface area contributed by atoms with Gasteiger partial charge in [-0.2, -0.15) is 0 Å². The Bertz CT molecular complexity index is 885. The highest BCUT2D eigenvalue weighted by Gasteiger charge is 2.33. The van der Waals surface area contributed by atoms with Crippen molar-refractivity contribution in [2.24, 2.45) is 0 Å². The van der Waals surface area contributed by atoms with Crippen LogP contribution < -0.4 is 10.1 Å². The lowest BCUT2D eigenvalue weighted by Crippen LogP contribution is -2.47. The molecule has 1 aliphatic rings. The van der Waals surface area contributed by atoms with E-state index in [1.54, 1.807) is 43.5 Å². The minimum absolute atomic E-state index is 0.0909. The highest BCUT2D eigenvalue weighted by atomic mass is 35.5. The van der Waals surface area contributed by atoms with E-state index in [1.807, 2.05) is 0 Å². The molecule has 3 rings (SSSR count). The Labute approximate surface area is 187 Å². The molecule has 2 amide bonds. The van der Waals surface area contributed by atoms with Gasteiger partial charge in [0.1, 0.15) is 23.5 Å². The Hall–Kier alpha value is -2.60. The Kier molecular flexibility index (Phi) is 8.29. The van der Waals surface area contributed by atoms with Crippen molar-refractivity contribution in [1.29, 1.82) is 0 Å². The van der Waals surface area contributed by atoms with Crippen molar-refractivity contribution in [3.8, 4) is 5.75 Å². The third-order valence-electron chi connectivity index (χ3n) is 5.62. The molecule has 1 saturated carbocycles. The number of methoxy groups -OCH3 is 1. The van der Waals surface area contributed by atoms with Gasteiger partial charge in [-0.25, -0.2) is 4.39 Å². The van der Waals surface area contributed by atoms with Gasteiger partial charge in [-0.15, -0.1) is 11.6 Å². The molecule has 31 heavy (non-hydrogen) atoms. The number of halogens is 2. The molecule has 166 valence electrons. The summed E-state index contributed by atoms with van der Waals surface area (Å²) in [4.78, 5) is 27.8. The van der Waals surface area contributed by atoms with E-state index < -0.39 is 6.04 Å². The summed E-state index contributed by atoms with van der Waals surface area (Å²) in [5.41, 5.74) is 1.34. The molecule has 0 radical (unpaired) electrons. The minimum Gasteiger partial charge on any atom is -0.497 e. The number of nitrogens with zero attached hydrogens (tertiary/aromatic N) is 1. The first-order valence-corrected chi connectivity index (χ1v) is 11.1. The third-order valence-corrected chi connectivity index (χ3v) is 5.85. The Morgan fingerprint density at radius 2 is 1.87 bits per heavy atom. The van der Waals surface area contributed by atoms with Crippen LogP contribution in [0.5, 0.6) is 5.75 Å². The average Bonchev–Trinajstić information content (AvgIpc) is 2.80. The molecule has 0 aliphatic heterocycles. The Morgan fingerprint density at radius 1 is 1.16 bits per heavy atom. The number of rotatable bonds is 8. The first-order valence-electron chi connectivity index (χ1n) is 10.6. The first kappa shape index (κ1) is 23.1. The van der Waals surface area contributed by atoms with Crippen molar-refractivity contribution in [3.63, 3.8) is 0 Å². The lowest BCUT2D eigenvalue weighted by molar-refractivity contribution is -0.140. The van der Waals surface area contributed by atoms with E-state index in [0.29, 0.717) is 16.9 Å². The summed E-state index contributed by atoms with van der Waals surface area (Å²) < 4.78 is 18.7. The number of carbonyl (C=O) groups excluding carboxylic acids is 2. The van der Waals surface area contributed by atoms with E-state index in [2.05, 4.69) is 5.32 Å². The summed E-state index contributed by atoms with van der Waals surface area (Å²) in [6.07, 6.45) is 5.19. The Morgan fingerprint density at radius 3 is 2.52 bits per heavy atom. The zero-order valence-corrected chi connectivity index (χ0v) is 18.4. The predicted molar refractivity (Wildman–Crippen MR) is 118 cm³/mol. The molecule has 2 aromatic carbocycles. The van der Waals surface area contributed by atoms with Crippen LogP contribution in [0.3, 0.4) is 0 Å². The molecule has 7 heteroatoms. The van der Waals surface area contributed by atoms with Gasteiger partial charge in [-0.3, -0.25) is 9.59 Å². The predicted octanol–water partition coefficient (Wildman–Crippen LogP) is 4.59. The van der Waals surface area contributed by atoms with Gasteiger partial charge in [0.2, 0.25) is 11.8 Å². The maximum Gasteiger partial charge on any atom is 0.247 e. The fourth-order valence-corrected chi connectivity index (χ4v) is 4.15. The van der Waals surface area contributed by atoms with Gasteiger partial charge >= 0.3 is 0 Å². The average molecular weight is 447 g/mol. The summed E-state index contributed by atoms with van der Waals surface area (Å²) in [6.45, 7) is 0.131. The van der Waals surface area contributed by atoms with Crippen LogP contribution in [0.25, 0.3) is 0 Å². The molecule has 0 heterocycles. The van der Waals surface area contributed by atoms with Crippen LogP contribution in [0.2, 0.25) is 0 Å². The van der Waals surface area contributed by atoms with Crippen LogP contribution in [0.1, 0.15) is 49.3 Å². The SMILES string of the molecule is COc1cccc(C(C(=O)NC2CCCCC2)N(Cc2ccc(F)cc2)C(=O)CCl)c1. The van der Waals surface area contributed by atoms with Crippen molar-refractivity contribution in [2.75, 3.05) is 13.0 Å². The smallest absolute Gasteiger partial charge is 0.247 e. The molecular weight excluding hydrogens is 419 g/mol. The summed E-state index contributed by atoms with van der Waals surface area (Å²) in [5, 5.41) is 3.13. The topological polar surface area (TPSA) is 58.6 Å². The highest BCUT2D eigenvalue weighted by molar-refractivity contribution is 6.27. The molecule has 0 saturated heterocycles. The van der Waals surface area contributed by atoms with Gasteiger partial charge < -0.3 is 15.0 Å². The van der Waals surface area contributed by atoms with Gasteiger partial charge in [0.15, 0.2) is 0 Å². The van der Waals surface area contributed by atoms with Crippen molar-refractivity contribution in [3.05, 3.63) is 65.5 Å². The molecule has 0 bridgehead atoms. The molecular formula is C24H28ClFN2O3. The molecule has 0 aromatic heterocycles. The van der Waals surface area contributed by atoms with Crippen LogP contribution in [0.4, 0.5) is 4.39 Å². The number of amides is 2. The molecule has 0 spiro atoms. The number of nitrogens with one attached hydrogen (secondary N) is 1. The Balaban J connectivity index is 1.95. The van der Waals surface area contributed by atoms with Gasteiger partial charge in [0, 0.05) is 12.6 Å². The standard InChI is InChI=1S/C24H28ClFN2O3/c1-31-21-9-5-6-18(14-21)23(24(30)27-20-7-3-2-4-8-20)28(22(29)15-25)16-17-10-12-19(26)13-11-17/h5-6,9-14,20,23H,2-4,7-8,15-16H2,1H3,(H,27,30). The van der Waals surface area contributed by atoms with Crippen molar-refractivity contribution < 1.29 is 18.7 Å². The fraction of sp³-hybridized carbons (Fsp3) is 0.417. The minimum atomic E-state index is -0.881. The second kappa shape index (κ2) is 11.1.